The molecular weight excluding hydrogens is 426 g/mol. The van der Waals surface area contributed by atoms with Gasteiger partial charge in [-0.1, -0.05) is 112 Å². The van der Waals surface area contributed by atoms with E-state index in [1.807, 2.05) is 47.4 Å². The van der Waals surface area contributed by atoms with Gasteiger partial charge in [-0.2, -0.15) is 0 Å². The Morgan fingerprint density at radius 3 is 1.88 bits per heavy atom. The maximum Gasteiger partial charge on any atom is 0.261 e. The van der Waals surface area contributed by atoms with E-state index in [1.165, 1.54) is 10.4 Å². The van der Waals surface area contributed by atoms with Gasteiger partial charge in [0, 0.05) is 5.56 Å². The third-order valence-corrected chi connectivity index (χ3v) is 12.0. The second-order valence-corrected chi connectivity index (χ2v) is 14.2. The molecule has 170 valence electrons. The van der Waals surface area contributed by atoms with Gasteiger partial charge < -0.3 is 14.1 Å². The molecule has 0 saturated carbocycles. The van der Waals surface area contributed by atoms with Gasteiger partial charge in [-0.25, -0.2) is 0 Å². The summed E-state index contributed by atoms with van der Waals surface area (Å²) < 4.78 is 13.5. The van der Waals surface area contributed by atoms with Gasteiger partial charge >= 0.3 is 0 Å². The number of rotatable bonds is 5. The Morgan fingerprint density at radius 1 is 0.848 bits per heavy atom. The number of amides is 1. The molecule has 3 aromatic rings. The highest BCUT2D eigenvalue weighted by Crippen LogP contribution is 2.43. The molecule has 5 heteroatoms. The number of carbonyl (C=O) groups excluding carboxylic acids is 1. The molecule has 0 aliphatic carbocycles. The quantitative estimate of drug-likeness (QED) is 0.538. The van der Waals surface area contributed by atoms with Crippen molar-refractivity contribution in [3.8, 4) is 0 Å². The molecule has 0 unspecified atom stereocenters. The van der Waals surface area contributed by atoms with Gasteiger partial charge in [0.1, 0.15) is 0 Å². The van der Waals surface area contributed by atoms with Crippen LogP contribution >= 0.6 is 0 Å². The summed E-state index contributed by atoms with van der Waals surface area (Å²) in [6.45, 7) is 7.30. The van der Waals surface area contributed by atoms with Crippen LogP contribution < -0.4 is 10.4 Å². The van der Waals surface area contributed by atoms with Crippen LogP contribution in [0.3, 0.4) is 0 Å². The Kier molecular flexibility index (Phi) is 5.73. The minimum absolute atomic E-state index is 0.0793. The molecular formula is C28H31NO3Si. The average Bonchev–Trinajstić information content (AvgIpc) is 3.40. The minimum atomic E-state index is -2.74. The minimum Gasteiger partial charge on any atom is -0.402 e. The Morgan fingerprint density at radius 2 is 1.36 bits per heavy atom. The average molecular weight is 458 g/mol. The van der Waals surface area contributed by atoms with E-state index in [0.717, 1.165) is 5.56 Å². The number of nitrogens with zero attached hydrogens (tertiary/aromatic N) is 1. The fourth-order valence-corrected chi connectivity index (χ4v) is 10.2. The van der Waals surface area contributed by atoms with Gasteiger partial charge in [-0.3, -0.25) is 4.79 Å². The zero-order valence-electron chi connectivity index (χ0n) is 19.5. The van der Waals surface area contributed by atoms with Gasteiger partial charge in [-0.05, 0) is 15.4 Å². The lowest BCUT2D eigenvalue weighted by atomic mass is 10.2. The lowest BCUT2D eigenvalue weighted by Gasteiger charge is -2.45. The Bertz CT molecular complexity index is 1060. The van der Waals surface area contributed by atoms with Crippen molar-refractivity contribution in [3.63, 3.8) is 0 Å². The summed E-state index contributed by atoms with van der Waals surface area (Å²) in [5.41, 5.74) is 1.01. The first-order chi connectivity index (χ1) is 15.9. The largest absolute Gasteiger partial charge is 0.402 e. The normalized spacial score (nSPS) is 23.1. The highest BCUT2D eigenvalue weighted by molar-refractivity contribution is 6.99. The molecule has 3 atom stereocenters. The Balaban J connectivity index is 1.55. The highest BCUT2D eigenvalue weighted by atomic mass is 28.4. The van der Waals surface area contributed by atoms with Gasteiger partial charge in [0.05, 0.1) is 25.2 Å². The molecule has 0 aromatic heterocycles. The first-order valence-corrected chi connectivity index (χ1v) is 13.6. The van der Waals surface area contributed by atoms with Crippen LogP contribution in [0.15, 0.2) is 91.0 Å². The second kappa shape index (κ2) is 8.56. The fourth-order valence-electron chi connectivity index (χ4n) is 5.45. The van der Waals surface area contributed by atoms with Crippen LogP contribution in [0.5, 0.6) is 0 Å². The summed E-state index contributed by atoms with van der Waals surface area (Å²) >= 11 is 0. The molecule has 0 N–H and O–H groups in total. The van der Waals surface area contributed by atoms with Crippen molar-refractivity contribution < 1.29 is 14.0 Å². The van der Waals surface area contributed by atoms with Gasteiger partial charge in [0.15, 0.2) is 6.23 Å². The lowest BCUT2D eigenvalue weighted by Crippen LogP contribution is -2.68. The molecule has 2 aliphatic heterocycles. The van der Waals surface area contributed by atoms with E-state index in [4.69, 9.17) is 9.16 Å². The van der Waals surface area contributed by atoms with E-state index in [9.17, 15) is 4.79 Å². The molecule has 3 aromatic carbocycles. The highest BCUT2D eigenvalue weighted by Gasteiger charge is 2.56. The van der Waals surface area contributed by atoms with Crippen LogP contribution in [0.2, 0.25) is 5.04 Å². The van der Waals surface area contributed by atoms with Crippen molar-refractivity contribution in [2.45, 2.75) is 50.6 Å². The molecule has 2 fully saturated rings. The van der Waals surface area contributed by atoms with Crippen molar-refractivity contribution in [2.75, 3.05) is 6.61 Å². The van der Waals surface area contributed by atoms with Crippen molar-refractivity contribution in [1.29, 1.82) is 0 Å². The fraction of sp³-hybridized carbons (Fsp3) is 0.321. The van der Waals surface area contributed by atoms with Crippen molar-refractivity contribution >= 4 is 24.6 Å². The van der Waals surface area contributed by atoms with E-state index in [2.05, 4.69) is 69.3 Å². The van der Waals surface area contributed by atoms with Crippen LogP contribution in [0, 0.1) is 0 Å². The maximum atomic E-state index is 13.2. The molecule has 5 rings (SSSR count). The molecule has 2 heterocycles. The van der Waals surface area contributed by atoms with Crippen LogP contribution in [0.25, 0.3) is 0 Å². The predicted molar refractivity (Wildman–Crippen MR) is 133 cm³/mol. The summed E-state index contributed by atoms with van der Waals surface area (Å²) in [7, 11) is -2.74. The third-order valence-electron chi connectivity index (χ3n) is 6.96. The third kappa shape index (κ3) is 3.74. The number of carbonyl (C=O) groups is 1. The van der Waals surface area contributed by atoms with Crippen LogP contribution in [-0.4, -0.2) is 37.9 Å². The molecule has 2 saturated heterocycles. The number of ether oxygens (including phenoxy) is 1. The van der Waals surface area contributed by atoms with Crippen molar-refractivity contribution in [1.82, 2.24) is 4.90 Å². The topological polar surface area (TPSA) is 38.8 Å². The second-order valence-electron chi connectivity index (χ2n) is 9.99. The van der Waals surface area contributed by atoms with E-state index in [0.29, 0.717) is 13.0 Å². The monoisotopic (exact) mass is 457 g/mol. The van der Waals surface area contributed by atoms with E-state index in [-0.39, 0.29) is 29.3 Å². The molecule has 0 spiro atoms. The van der Waals surface area contributed by atoms with E-state index in [1.54, 1.807) is 0 Å². The van der Waals surface area contributed by atoms with Crippen molar-refractivity contribution in [2.24, 2.45) is 0 Å². The van der Waals surface area contributed by atoms with E-state index >= 15 is 0 Å². The molecule has 33 heavy (non-hydrogen) atoms. The van der Waals surface area contributed by atoms with Gasteiger partial charge in [0.25, 0.3) is 8.32 Å². The van der Waals surface area contributed by atoms with Crippen LogP contribution in [0.4, 0.5) is 0 Å². The summed E-state index contributed by atoms with van der Waals surface area (Å²) in [5, 5.41) is 2.33. The first-order valence-electron chi connectivity index (χ1n) is 11.7. The number of hydrogen-bond acceptors (Lipinski definition) is 3. The Hall–Kier alpha value is -2.73. The van der Waals surface area contributed by atoms with Gasteiger partial charge in [0.2, 0.25) is 5.91 Å². The zero-order chi connectivity index (χ0) is 23.1. The zero-order valence-corrected chi connectivity index (χ0v) is 20.5. The SMILES string of the molecule is CC(C)(C)[Si](O[C@H]1CC(=O)N2[C@@H](c3ccccc3)OC[C@H]12)(c1ccccc1)c1ccccc1. The first kappa shape index (κ1) is 22.1. The van der Waals surface area contributed by atoms with Gasteiger partial charge in [-0.15, -0.1) is 0 Å². The van der Waals surface area contributed by atoms with Crippen LogP contribution in [-0.2, 0) is 14.0 Å². The molecule has 0 radical (unpaired) electrons. The summed E-state index contributed by atoms with van der Waals surface area (Å²) in [4.78, 5) is 15.2. The number of benzene rings is 3. The molecule has 2 aliphatic rings. The van der Waals surface area contributed by atoms with E-state index < -0.39 is 8.32 Å². The number of fused-ring (bicyclic) bond motifs is 1. The molecule has 0 bridgehead atoms. The summed E-state index contributed by atoms with van der Waals surface area (Å²) in [5.74, 6) is 0.106. The molecule has 1 amide bonds. The maximum absolute atomic E-state index is 13.2. The smallest absolute Gasteiger partial charge is 0.261 e. The number of hydrogen-bond donors (Lipinski definition) is 0. The molecule has 4 nitrogen and oxygen atoms in total. The summed E-state index contributed by atoms with van der Waals surface area (Å²) in [6.07, 6.45) is -0.157. The predicted octanol–water partition coefficient (Wildman–Crippen LogP) is 4.26. The van der Waals surface area contributed by atoms with Crippen molar-refractivity contribution in [3.05, 3.63) is 96.6 Å². The lowest BCUT2D eigenvalue weighted by molar-refractivity contribution is -0.134. The van der Waals surface area contributed by atoms with Crippen LogP contribution in [0.1, 0.15) is 39.0 Å². The standard InChI is InChI=1S/C28H31NO3Si/c1-28(2,3)33(22-15-9-5-10-16-22,23-17-11-6-12-18-23)32-25-19-26(30)29-24(25)20-31-27(29)21-13-7-4-8-14-21/h4-18,24-25,27H,19-20H2,1-3H3/t24-,25+,27-/m1/s1. The summed E-state index contributed by atoms with van der Waals surface area (Å²) in [6, 6.07) is 31.1. The Labute approximate surface area is 197 Å².